The van der Waals surface area contributed by atoms with E-state index in [0.29, 0.717) is 25.6 Å². The number of carbonyl (C=O) groups excluding carboxylic acids is 2. The van der Waals surface area contributed by atoms with Crippen molar-refractivity contribution in [2.45, 2.75) is 51.4 Å². The quantitative estimate of drug-likeness (QED) is 0.763. The summed E-state index contributed by atoms with van der Waals surface area (Å²) in [5, 5.41) is 6.28. The molecule has 1 aromatic rings. The van der Waals surface area contributed by atoms with Crippen LogP contribution in [-0.2, 0) is 20.9 Å². The molecule has 2 aliphatic heterocycles. The van der Waals surface area contributed by atoms with E-state index >= 15 is 0 Å². The third-order valence-electron chi connectivity index (χ3n) is 5.46. The summed E-state index contributed by atoms with van der Waals surface area (Å²) in [6.07, 6.45) is 3.53. The highest BCUT2D eigenvalue weighted by atomic mass is 16.5. The molecule has 6 heteroatoms. The Morgan fingerprint density at radius 2 is 2.07 bits per heavy atom. The van der Waals surface area contributed by atoms with Crippen molar-refractivity contribution >= 4 is 11.8 Å². The van der Waals surface area contributed by atoms with Crippen molar-refractivity contribution in [2.24, 2.45) is 5.92 Å². The second-order valence-electron chi connectivity index (χ2n) is 7.63. The fourth-order valence-corrected chi connectivity index (χ4v) is 3.83. The van der Waals surface area contributed by atoms with Crippen LogP contribution in [0.5, 0.6) is 0 Å². The number of hydrogen-bond acceptors (Lipinski definition) is 4. The SMILES string of the molecule is CC(OCc1ccccc1)C(=O)N1CCCC(CNC(=O)C2CCCN2)C1. The Bertz CT molecular complexity index is 616. The molecular formula is C21H31N3O3. The summed E-state index contributed by atoms with van der Waals surface area (Å²) in [5.74, 6) is 0.448. The molecule has 0 radical (unpaired) electrons. The molecule has 2 aliphatic rings. The van der Waals surface area contributed by atoms with Gasteiger partial charge in [0, 0.05) is 19.6 Å². The van der Waals surface area contributed by atoms with Gasteiger partial charge in [0.1, 0.15) is 6.10 Å². The van der Waals surface area contributed by atoms with Crippen LogP contribution in [-0.4, -0.2) is 55.0 Å². The number of carbonyl (C=O) groups is 2. The summed E-state index contributed by atoms with van der Waals surface area (Å²) >= 11 is 0. The third kappa shape index (κ3) is 5.78. The van der Waals surface area contributed by atoms with Crippen LogP contribution in [0.2, 0.25) is 0 Å². The number of piperidine rings is 1. The van der Waals surface area contributed by atoms with E-state index in [0.717, 1.165) is 44.3 Å². The Morgan fingerprint density at radius 1 is 1.26 bits per heavy atom. The van der Waals surface area contributed by atoms with E-state index in [4.69, 9.17) is 4.74 Å². The van der Waals surface area contributed by atoms with Gasteiger partial charge in [-0.25, -0.2) is 0 Å². The van der Waals surface area contributed by atoms with Gasteiger partial charge in [-0.1, -0.05) is 30.3 Å². The Labute approximate surface area is 161 Å². The highest BCUT2D eigenvalue weighted by Gasteiger charge is 2.28. The molecular weight excluding hydrogens is 342 g/mol. The number of ether oxygens (including phenoxy) is 1. The molecule has 3 rings (SSSR count). The van der Waals surface area contributed by atoms with Crippen molar-refractivity contribution in [1.29, 1.82) is 0 Å². The molecule has 3 atom stereocenters. The first-order valence-corrected chi connectivity index (χ1v) is 10.1. The summed E-state index contributed by atoms with van der Waals surface area (Å²) in [5.41, 5.74) is 1.07. The summed E-state index contributed by atoms with van der Waals surface area (Å²) in [4.78, 5) is 26.8. The number of nitrogens with one attached hydrogen (secondary N) is 2. The van der Waals surface area contributed by atoms with Crippen LogP contribution >= 0.6 is 0 Å². The molecule has 0 aromatic heterocycles. The molecule has 2 N–H and O–H groups in total. The van der Waals surface area contributed by atoms with Gasteiger partial charge >= 0.3 is 0 Å². The second kappa shape index (κ2) is 9.85. The molecule has 1 aromatic carbocycles. The average molecular weight is 373 g/mol. The Kier molecular flexibility index (Phi) is 7.24. The number of amides is 2. The first-order valence-electron chi connectivity index (χ1n) is 10.1. The molecule has 0 bridgehead atoms. The normalized spacial score (nSPS) is 23.8. The van der Waals surface area contributed by atoms with Gasteiger partial charge in [0.15, 0.2) is 0 Å². The molecule has 2 fully saturated rings. The minimum absolute atomic E-state index is 0.0411. The third-order valence-corrected chi connectivity index (χ3v) is 5.46. The number of benzene rings is 1. The molecule has 0 saturated carbocycles. The maximum atomic E-state index is 12.7. The van der Waals surface area contributed by atoms with E-state index in [2.05, 4.69) is 10.6 Å². The largest absolute Gasteiger partial charge is 0.364 e. The molecule has 2 amide bonds. The standard InChI is InChI=1S/C21H31N3O3/c1-16(27-15-17-7-3-2-4-8-17)21(26)24-12-6-9-18(14-24)13-23-20(25)19-10-5-11-22-19/h2-4,7-8,16,18-19,22H,5-6,9-15H2,1H3,(H,23,25). The predicted molar refractivity (Wildman–Crippen MR) is 104 cm³/mol. The highest BCUT2D eigenvalue weighted by molar-refractivity contribution is 5.82. The van der Waals surface area contributed by atoms with Crippen LogP contribution in [0.25, 0.3) is 0 Å². The predicted octanol–water partition coefficient (Wildman–Crippen LogP) is 1.70. The summed E-state index contributed by atoms with van der Waals surface area (Å²) in [7, 11) is 0. The van der Waals surface area contributed by atoms with Crippen molar-refractivity contribution in [2.75, 3.05) is 26.2 Å². The zero-order valence-corrected chi connectivity index (χ0v) is 16.2. The smallest absolute Gasteiger partial charge is 0.251 e. The Morgan fingerprint density at radius 3 is 2.81 bits per heavy atom. The van der Waals surface area contributed by atoms with E-state index in [1.54, 1.807) is 0 Å². The van der Waals surface area contributed by atoms with E-state index < -0.39 is 6.10 Å². The van der Waals surface area contributed by atoms with E-state index in [-0.39, 0.29) is 17.9 Å². The molecule has 27 heavy (non-hydrogen) atoms. The summed E-state index contributed by atoms with van der Waals surface area (Å²) in [6.45, 7) is 5.28. The zero-order chi connectivity index (χ0) is 19.1. The van der Waals surface area contributed by atoms with Crippen LogP contribution in [0.1, 0.15) is 38.2 Å². The van der Waals surface area contributed by atoms with Crippen molar-refractivity contribution < 1.29 is 14.3 Å². The van der Waals surface area contributed by atoms with Gasteiger partial charge in [0.25, 0.3) is 5.91 Å². The minimum Gasteiger partial charge on any atom is -0.364 e. The molecule has 0 spiro atoms. The van der Waals surface area contributed by atoms with Crippen LogP contribution < -0.4 is 10.6 Å². The fourth-order valence-electron chi connectivity index (χ4n) is 3.83. The summed E-state index contributed by atoms with van der Waals surface area (Å²) in [6, 6.07) is 9.85. The number of hydrogen-bond donors (Lipinski definition) is 2. The Hall–Kier alpha value is -1.92. The lowest BCUT2D eigenvalue weighted by molar-refractivity contribution is -0.145. The lowest BCUT2D eigenvalue weighted by Gasteiger charge is -2.34. The molecule has 2 heterocycles. The molecule has 0 aliphatic carbocycles. The Balaban J connectivity index is 1.42. The lowest BCUT2D eigenvalue weighted by atomic mass is 9.97. The van der Waals surface area contributed by atoms with Gasteiger partial charge in [0.05, 0.1) is 12.6 Å². The maximum Gasteiger partial charge on any atom is 0.251 e. The van der Waals surface area contributed by atoms with Gasteiger partial charge in [0.2, 0.25) is 5.91 Å². The van der Waals surface area contributed by atoms with Crippen molar-refractivity contribution in [3.05, 3.63) is 35.9 Å². The topological polar surface area (TPSA) is 70.7 Å². The van der Waals surface area contributed by atoms with Crippen LogP contribution in [0.4, 0.5) is 0 Å². The van der Waals surface area contributed by atoms with Gasteiger partial charge in [-0.05, 0) is 50.6 Å². The van der Waals surface area contributed by atoms with Crippen LogP contribution in [0, 0.1) is 5.92 Å². The van der Waals surface area contributed by atoms with Gasteiger partial charge in [-0.15, -0.1) is 0 Å². The van der Waals surface area contributed by atoms with Gasteiger partial charge in [-0.2, -0.15) is 0 Å². The highest BCUT2D eigenvalue weighted by Crippen LogP contribution is 2.18. The van der Waals surface area contributed by atoms with E-state index in [1.165, 1.54) is 0 Å². The molecule has 6 nitrogen and oxygen atoms in total. The molecule has 148 valence electrons. The minimum atomic E-state index is -0.457. The van der Waals surface area contributed by atoms with Crippen LogP contribution in [0.15, 0.2) is 30.3 Å². The monoisotopic (exact) mass is 373 g/mol. The summed E-state index contributed by atoms with van der Waals surface area (Å²) < 4.78 is 5.77. The number of nitrogens with zero attached hydrogens (tertiary/aromatic N) is 1. The fraction of sp³-hybridized carbons (Fsp3) is 0.619. The van der Waals surface area contributed by atoms with Crippen molar-refractivity contribution in [3.8, 4) is 0 Å². The number of likely N-dealkylation sites (tertiary alicyclic amines) is 1. The first kappa shape index (κ1) is 19.8. The van der Waals surface area contributed by atoms with Gasteiger partial charge in [-0.3, -0.25) is 9.59 Å². The zero-order valence-electron chi connectivity index (χ0n) is 16.2. The van der Waals surface area contributed by atoms with E-state index in [1.807, 2.05) is 42.2 Å². The lowest BCUT2D eigenvalue weighted by Crippen LogP contribution is -2.48. The number of rotatable bonds is 7. The van der Waals surface area contributed by atoms with E-state index in [9.17, 15) is 9.59 Å². The van der Waals surface area contributed by atoms with Crippen molar-refractivity contribution in [1.82, 2.24) is 15.5 Å². The molecule has 3 unspecified atom stereocenters. The average Bonchev–Trinajstić information content (AvgIpc) is 3.25. The molecule has 2 saturated heterocycles. The van der Waals surface area contributed by atoms with Gasteiger partial charge < -0.3 is 20.3 Å². The second-order valence-corrected chi connectivity index (χ2v) is 7.63. The van der Waals surface area contributed by atoms with Crippen LogP contribution in [0.3, 0.4) is 0 Å². The maximum absolute atomic E-state index is 12.7. The van der Waals surface area contributed by atoms with Crippen molar-refractivity contribution in [3.63, 3.8) is 0 Å². The first-order chi connectivity index (χ1) is 13.1.